The Bertz CT molecular complexity index is 382. The van der Waals surface area contributed by atoms with E-state index in [4.69, 9.17) is 11.6 Å². The van der Waals surface area contributed by atoms with Crippen LogP contribution in [0.4, 0.5) is 0 Å². The number of alkyl halides is 1. The van der Waals surface area contributed by atoms with E-state index in [9.17, 15) is 0 Å². The van der Waals surface area contributed by atoms with Gasteiger partial charge >= 0.3 is 0 Å². The lowest BCUT2D eigenvalue weighted by Gasteiger charge is -2.20. The molecule has 0 amide bonds. The standard InChI is InChI=1S/C13H16ClNS/c14-11-5-6-15(8-11)7-10-9-16-13-4-2-1-3-12(10)13/h1-4,10-11H,5-9H2. The minimum absolute atomic E-state index is 0.379. The predicted octanol–water partition coefficient (Wildman–Crippen LogP) is 3.19. The molecule has 1 aromatic rings. The Kier molecular flexibility index (Phi) is 3.14. The number of thioether (sulfide) groups is 1. The van der Waals surface area contributed by atoms with Gasteiger partial charge in [0.2, 0.25) is 0 Å². The Morgan fingerprint density at radius 2 is 2.25 bits per heavy atom. The van der Waals surface area contributed by atoms with Gasteiger partial charge in [-0.2, -0.15) is 0 Å². The van der Waals surface area contributed by atoms with Crippen molar-refractivity contribution < 1.29 is 0 Å². The first-order valence-corrected chi connectivity index (χ1v) is 7.33. The van der Waals surface area contributed by atoms with Crippen LogP contribution in [0.25, 0.3) is 0 Å². The van der Waals surface area contributed by atoms with E-state index in [-0.39, 0.29) is 0 Å². The number of fused-ring (bicyclic) bond motifs is 1. The van der Waals surface area contributed by atoms with E-state index in [0.29, 0.717) is 11.3 Å². The maximum Gasteiger partial charge on any atom is 0.0475 e. The Morgan fingerprint density at radius 3 is 3.06 bits per heavy atom. The number of nitrogens with zero attached hydrogens (tertiary/aromatic N) is 1. The quantitative estimate of drug-likeness (QED) is 0.745. The molecule has 0 bridgehead atoms. The summed E-state index contributed by atoms with van der Waals surface area (Å²) >= 11 is 8.15. The zero-order chi connectivity index (χ0) is 11.0. The SMILES string of the molecule is ClC1CCN(CC2CSc3ccccc32)C1. The molecule has 3 heteroatoms. The minimum Gasteiger partial charge on any atom is -0.301 e. The molecule has 86 valence electrons. The molecule has 1 saturated heterocycles. The van der Waals surface area contributed by atoms with Crippen molar-refractivity contribution in [1.82, 2.24) is 4.90 Å². The van der Waals surface area contributed by atoms with Crippen molar-refractivity contribution in [1.29, 1.82) is 0 Å². The zero-order valence-electron chi connectivity index (χ0n) is 9.23. The molecule has 2 heterocycles. The predicted molar refractivity (Wildman–Crippen MR) is 70.6 cm³/mol. The van der Waals surface area contributed by atoms with Gasteiger partial charge < -0.3 is 4.90 Å². The van der Waals surface area contributed by atoms with E-state index in [1.165, 1.54) is 23.7 Å². The number of rotatable bonds is 2. The summed E-state index contributed by atoms with van der Waals surface area (Å²) in [5.74, 6) is 1.95. The highest BCUT2D eigenvalue weighted by molar-refractivity contribution is 7.99. The number of halogens is 1. The zero-order valence-corrected chi connectivity index (χ0v) is 10.8. The summed E-state index contributed by atoms with van der Waals surface area (Å²) in [6, 6.07) is 8.83. The fourth-order valence-corrected chi connectivity index (χ4v) is 4.18. The highest BCUT2D eigenvalue weighted by Crippen LogP contribution is 2.39. The largest absolute Gasteiger partial charge is 0.301 e. The lowest BCUT2D eigenvalue weighted by atomic mass is 10.0. The molecule has 1 nitrogen and oxygen atoms in total. The molecule has 3 rings (SSSR count). The Morgan fingerprint density at radius 1 is 1.38 bits per heavy atom. The molecule has 2 unspecified atom stereocenters. The first-order chi connectivity index (χ1) is 7.83. The fourth-order valence-electron chi connectivity index (χ4n) is 2.64. The first kappa shape index (κ1) is 10.9. The summed E-state index contributed by atoms with van der Waals surface area (Å²) in [5.41, 5.74) is 1.55. The number of benzene rings is 1. The first-order valence-electron chi connectivity index (χ1n) is 5.91. The molecule has 0 N–H and O–H groups in total. The summed E-state index contributed by atoms with van der Waals surface area (Å²) < 4.78 is 0. The van der Waals surface area contributed by atoms with Crippen molar-refractivity contribution in [3.05, 3.63) is 29.8 Å². The minimum atomic E-state index is 0.379. The van der Waals surface area contributed by atoms with Crippen LogP contribution in [0, 0.1) is 0 Å². The average Bonchev–Trinajstić information content (AvgIpc) is 2.87. The Hall–Kier alpha value is -0.180. The molecule has 1 fully saturated rings. The van der Waals surface area contributed by atoms with E-state index in [1.807, 2.05) is 11.8 Å². The number of likely N-dealkylation sites (tertiary alicyclic amines) is 1. The van der Waals surface area contributed by atoms with Gasteiger partial charge in [-0.25, -0.2) is 0 Å². The maximum absolute atomic E-state index is 6.15. The van der Waals surface area contributed by atoms with Crippen molar-refractivity contribution >= 4 is 23.4 Å². The molecule has 0 radical (unpaired) electrons. The molecule has 0 saturated carbocycles. The van der Waals surface area contributed by atoms with Crippen LogP contribution < -0.4 is 0 Å². The number of hydrogen-bond donors (Lipinski definition) is 0. The molecule has 0 spiro atoms. The normalized spacial score (nSPS) is 29.6. The van der Waals surface area contributed by atoms with Gasteiger partial charge in [-0.05, 0) is 24.6 Å². The third-order valence-corrected chi connectivity index (χ3v) is 5.10. The average molecular weight is 254 g/mol. The van der Waals surface area contributed by atoms with Gasteiger partial charge in [0.05, 0.1) is 0 Å². The molecule has 1 aromatic carbocycles. The molecule has 0 aliphatic carbocycles. The summed E-state index contributed by atoms with van der Waals surface area (Å²) in [4.78, 5) is 4.00. The monoisotopic (exact) mass is 253 g/mol. The highest BCUT2D eigenvalue weighted by atomic mass is 35.5. The van der Waals surface area contributed by atoms with Crippen molar-refractivity contribution in [3.63, 3.8) is 0 Å². The lowest BCUT2D eigenvalue weighted by molar-refractivity contribution is 0.323. The van der Waals surface area contributed by atoms with Crippen molar-refractivity contribution in [2.24, 2.45) is 0 Å². The summed E-state index contributed by atoms with van der Waals surface area (Å²) in [5, 5.41) is 0.379. The van der Waals surface area contributed by atoms with Crippen LogP contribution in [0.15, 0.2) is 29.2 Å². The van der Waals surface area contributed by atoms with Crippen LogP contribution >= 0.6 is 23.4 Å². The van der Waals surface area contributed by atoms with Gasteiger partial charge in [0.25, 0.3) is 0 Å². The maximum atomic E-state index is 6.15. The van der Waals surface area contributed by atoms with Crippen LogP contribution in [0.5, 0.6) is 0 Å². The van der Waals surface area contributed by atoms with Crippen LogP contribution in [0.2, 0.25) is 0 Å². The highest BCUT2D eigenvalue weighted by Gasteiger charge is 2.27. The number of hydrogen-bond acceptors (Lipinski definition) is 2. The topological polar surface area (TPSA) is 3.24 Å². The van der Waals surface area contributed by atoms with Crippen molar-refractivity contribution in [2.75, 3.05) is 25.4 Å². The van der Waals surface area contributed by atoms with E-state index in [1.54, 1.807) is 5.56 Å². The third kappa shape index (κ3) is 2.11. The van der Waals surface area contributed by atoms with Gasteiger partial charge in [0.15, 0.2) is 0 Å². The van der Waals surface area contributed by atoms with E-state index in [2.05, 4.69) is 29.2 Å². The second kappa shape index (κ2) is 4.59. The van der Waals surface area contributed by atoms with Gasteiger partial charge in [-0.1, -0.05) is 18.2 Å². The van der Waals surface area contributed by atoms with E-state index >= 15 is 0 Å². The third-order valence-electron chi connectivity index (χ3n) is 3.49. The smallest absolute Gasteiger partial charge is 0.0475 e. The lowest BCUT2D eigenvalue weighted by Crippen LogP contribution is -2.26. The second-order valence-electron chi connectivity index (χ2n) is 4.69. The fraction of sp³-hybridized carbons (Fsp3) is 0.538. The van der Waals surface area contributed by atoms with E-state index in [0.717, 1.165) is 13.0 Å². The van der Waals surface area contributed by atoms with Crippen LogP contribution in [0.1, 0.15) is 17.9 Å². The molecular formula is C13H16ClNS. The molecule has 2 aliphatic heterocycles. The Labute approximate surface area is 106 Å². The Balaban J connectivity index is 1.69. The molecule has 2 atom stereocenters. The summed E-state index contributed by atoms with van der Waals surface area (Å²) in [7, 11) is 0. The van der Waals surface area contributed by atoms with Gasteiger partial charge in [0.1, 0.15) is 0 Å². The van der Waals surface area contributed by atoms with Crippen LogP contribution in [-0.2, 0) is 0 Å². The van der Waals surface area contributed by atoms with Gasteiger partial charge in [0, 0.05) is 35.0 Å². The molecule has 0 aromatic heterocycles. The summed E-state index contributed by atoms with van der Waals surface area (Å²) in [6.07, 6.45) is 1.16. The van der Waals surface area contributed by atoms with Crippen LogP contribution in [0.3, 0.4) is 0 Å². The van der Waals surface area contributed by atoms with Crippen LogP contribution in [-0.4, -0.2) is 35.7 Å². The molecule has 2 aliphatic rings. The molecule has 16 heavy (non-hydrogen) atoms. The van der Waals surface area contributed by atoms with Gasteiger partial charge in [-0.3, -0.25) is 0 Å². The van der Waals surface area contributed by atoms with Crippen molar-refractivity contribution in [2.45, 2.75) is 22.6 Å². The summed E-state index contributed by atoms with van der Waals surface area (Å²) in [6.45, 7) is 3.44. The second-order valence-corrected chi connectivity index (χ2v) is 6.37. The van der Waals surface area contributed by atoms with Gasteiger partial charge in [-0.15, -0.1) is 23.4 Å². The van der Waals surface area contributed by atoms with E-state index < -0.39 is 0 Å². The van der Waals surface area contributed by atoms with Crippen molar-refractivity contribution in [3.8, 4) is 0 Å². The molecular weight excluding hydrogens is 238 g/mol.